The van der Waals surface area contributed by atoms with Crippen molar-refractivity contribution < 1.29 is 14.3 Å². The van der Waals surface area contributed by atoms with Crippen molar-refractivity contribution in [3.8, 4) is 0 Å². The molecule has 1 amide bonds. The predicted molar refractivity (Wildman–Crippen MR) is 76.2 cm³/mol. The van der Waals surface area contributed by atoms with E-state index in [1.165, 1.54) is 0 Å². The minimum absolute atomic E-state index is 0.240. The topological polar surface area (TPSA) is 46.6 Å². The molecule has 0 aliphatic carbocycles. The summed E-state index contributed by atoms with van der Waals surface area (Å²) in [6.07, 6.45) is 3.06. The molecule has 1 aliphatic rings. The highest BCUT2D eigenvalue weighted by Gasteiger charge is 2.34. The van der Waals surface area contributed by atoms with Crippen LogP contribution in [-0.2, 0) is 16.1 Å². The minimum Gasteiger partial charge on any atom is -0.445 e. The fourth-order valence-corrected chi connectivity index (χ4v) is 2.50. The van der Waals surface area contributed by atoms with Gasteiger partial charge >= 0.3 is 6.09 Å². The molecule has 0 spiro atoms. The molecule has 2 rings (SSSR count). The third-order valence-electron chi connectivity index (χ3n) is 4.18. The lowest BCUT2D eigenvalue weighted by molar-refractivity contribution is -0.118. The van der Waals surface area contributed by atoms with Crippen LogP contribution in [0.5, 0.6) is 0 Å². The first-order valence-corrected chi connectivity index (χ1v) is 7.11. The summed E-state index contributed by atoms with van der Waals surface area (Å²) in [5.41, 5.74) is 0.740. The van der Waals surface area contributed by atoms with Crippen molar-refractivity contribution in [1.82, 2.24) is 4.90 Å². The number of nitrogens with zero attached hydrogens (tertiary/aromatic N) is 1. The molecule has 0 radical (unpaired) electrons. The summed E-state index contributed by atoms with van der Waals surface area (Å²) in [5, 5.41) is 0. The molecular formula is C16H21NO3. The van der Waals surface area contributed by atoms with E-state index in [9.17, 15) is 9.59 Å². The molecule has 4 heteroatoms. The highest BCUT2D eigenvalue weighted by Crippen LogP contribution is 2.32. The second kappa shape index (κ2) is 6.55. The molecule has 0 bridgehead atoms. The van der Waals surface area contributed by atoms with Gasteiger partial charge in [0.2, 0.25) is 0 Å². The van der Waals surface area contributed by atoms with Crippen LogP contribution < -0.4 is 0 Å². The molecule has 0 aromatic heterocycles. The first-order chi connectivity index (χ1) is 9.69. The van der Waals surface area contributed by atoms with Crippen molar-refractivity contribution in [3.05, 3.63) is 35.9 Å². The van der Waals surface area contributed by atoms with Crippen LogP contribution in [0.15, 0.2) is 30.3 Å². The van der Waals surface area contributed by atoms with E-state index >= 15 is 0 Å². The van der Waals surface area contributed by atoms with Crippen molar-refractivity contribution in [2.45, 2.75) is 32.8 Å². The van der Waals surface area contributed by atoms with Gasteiger partial charge in [-0.1, -0.05) is 37.3 Å². The SMILES string of the molecule is CCC1(C=O)CCN(C(=O)OCc2ccccc2)CC1. The largest absolute Gasteiger partial charge is 0.445 e. The molecular weight excluding hydrogens is 254 g/mol. The van der Waals surface area contributed by atoms with Crippen molar-refractivity contribution in [2.75, 3.05) is 13.1 Å². The fraction of sp³-hybridized carbons (Fsp3) is 0.500. The maximum Gasteiger partial charge on any atom is 0.410 e. The fourth-order valence-electron chi connectivity index (χ4n) is 2.50. The summed E-state index contributed by atoms with van der Waals surface area (Å²) < 4.78 is 5.30. The summed E-state index contributed by atoms with van der Waals surface area (Å²) in [6, 6.07) is 9.63. The number of ether oxygens (including phenoxy) is 1. The normalized spacial score (nSPS) is 17.6. The van der Waals surface area contributed by atoms with Crippen molar-refractivity contribution in [1.29, 1.82) is 0 Å². The van der Waals surface area contributed by atoms with Gasteiger partial charge in [-0.3, -0.25) is 0 Å². The Morgan fingerprint density at radius 1 is 1.30 bits per heavy atom. The second-order valence-electron chi connectivity index (χ2n) is 5.36. The number of hydrogen-bond donors (Lipinski definition) is 0. The van der Waals surface area contributed by atoms with Gasteiger partial charge in [-0.05, 0) is 24.8 Å². The van der Waals surface area contributed by atoms with Gasteiger partial charge in [-0.2, -0.15) is 0 Å². The number of hydrogen-bond acceptors (Lipinski definition) is 3. The molecule has 0 atom stereocenters. The molecule has 1 fully saturated rings. The lowest BCUT2D eigenvalue weighted by Crippen LogP contribution is -2.43. The molecule has 1 heterocycles. The van der Waals surface area contributed by atoms with Crippen LogP contribution in [0.4, 0.5) is 4.79 Å². The molecule has 4 nitrogen and oxygen atoms in total. The maximum atomic E-state index is 12.0. The Balaban J connectivity index is 1.82. The van der Waals surface area contributed by atoms with Gasteiger partial charge in [0.25, 0.3) is 0 Å². The first kappa shape index (κ1) is 14.6. The second-order valence-corrected chi connectivity index (χ2v) is 5.36. The molecule has 108 valence electrons. The maximum absolute atomic E-state index is 12.0. The van der Waals surface area contributed by atoms with Gasteiger partial charge in [-0.15, -0.1) is 0 Å². The average molecular weight is 275 g/mol. The molecule has 20 heavy (non-hydrogen) atoms. The Kier molecular flexibility index (Phi) is 4.77. The molecule has 0 N–H and O–H groups in total. The van der Waals surface area contributed by atoms with Gasteiger partial charge in [0, 0.05) is 18.5 Å². The molecule has 1 saturated heterocycles. The van der Waals surface area contributed by atoms with Crippen LogP contribution in [0.25, 0.3) is 0 Å². The molecule has 0 saturated carbocycles. The summed E-state index contributed by atoms with van der Waals surface area (Å²) in [4.78, 5) is 24.8. The smallest absolute Gasteiger partial charge is 0.410 e. The Hall–Kier alpha value is -1.84. The van der Waals surface area contributed by atoms with Crippen LogP contribution in [0.2, 0.25) is 0 Å². The summed E-state index contributed by atoms with van der Waals surface area (Å²) in [5.74, 6) is 0. The van der Waals surface area contributed by atoms with E-state index in [1.54, 1.807) is 4.90 Å². The van der Waals surface area contributed by atoms with E-state index in [1.807, 2.05) is 37.3 Å². The van der Waals surface area contributed by atoms with Crippen molar-refractivity contribution >= 4 is 12.4 Å². The van der Waals surface area contributed by atoms with Crippen LogP contribution in [0, 0.1) is 5.41 Å². The zero-order chi connectivity index (χ0) is 14.4. The zero-order valence-corrected chi connectivity index (χ0v) is 11.9. The number of piperidine rings is 1. The van der Waals surface area contributed by atoms with Crippen molar-refractivity contribution in [2.24, 2.45) is 5.41 Å². The van der Waals surface area contributed by atoms with E-state index in [0.717, 1.165) is 31.1 Å². The number of carbonyl (C=O) groups excluding carboxylic acids is 2. The first-order valence-electron chi connectivity index (χ1n) is 7.11. The standard InChI is InChI=1S/C16H21NO3/c1-2-16(13-18)8-10-17(11-9-16)15(19)20-12-14-6-4-3-5-7-14/h3-7,13H,2,8-12H2,1H3. The van der Waals surface area contributed by atoms with Gasteiger partial charge in [0.05, 0.1) is 0 Å². The van der Waals surface area contributed by atoms with Gasteiger partial charge in [-0.25, -0.2) is 4.79 Å². The number of likely N-dealkylation sites (tertiary alicyclic amines) is 1. The van der Waals surface area contributed by atoms with E-state index in [2.05, 4.69) is 0 Å². The zero-order valence-electron chi connectivity index (χ0n) is 11.9. The summed E-state index contributed by atoms with van der Waals surface area (Å²) in [7, 11) is 0. The van der Waals surface area contributed by atoms with Crippen LogP contribution >= 0.6 is 0 Å². The highest BCUT2D eigenvalue weighted by molar-refractivity contribution is 5.68. The van der Waals surface area contributed by atoms with E-state index in [4.69, 9.17) is 4.74 Å². The lowest BCUT2D eigenvalue weighted by Gasteiger charge is -2.37. The number of amides is 1. The Morgan fingerprint density at radius 2 is 1.95 bits per heavy atom. The average Bonchev–Trinajstić information content (AvgIpc) is 2.53. The molecule has 1 aliphatic heterocycles. The van der Waals surface area contributed by atoms with Crippen LogP contribution in [-0.4, -0.2) is 30.4 Å². The lowest BCUT2D eigenvalue weighted by atomic mass is 9.78. The highest BCUT2D eigenvalue weighted by atomic mass is 16.6. The minimum atomic E-state index is -0.288. The van der Waals surface area contributed by atoms with E-state index in [-0.39, 0.29) is 11.5 Å². The molecule has 0 unspecified atom stereocenters. The van der Waals surface area contributed by atoms with Gasteiger partial charge in [0.15, 0.2) is 0 Å². The number of benzene rings is 1. The van der Waals surface area contributed by atoms with Crippen molar-refractivity contribution in [3.63, 3.8) is 0 Å². The van der Waals surface area contributed by atoms with Gasteiger partial charge < -0.3 is 14.4 Å². The molecule has 1 aromatic carbocycles. The number of rotatable bonds is 4. The number of carbonyl (C=O) groups is 2. The summed E-state index contributed by atoms with van der Waals surface area (Å²) >= 11 is 0. The molecule has 1 aromatic rings. The quantitative estimate of drug-likeness (QED) is 0.793. The summed E-state index contributed by atoms with van der Waals surface area (Å²) in [6.45, 7) is 3.51. The van der Waals surface area contributed by atoms with Crippen LogP contribution in [0.1, 0.15) is 31.7 Å². The third-order valence-corrected chi connectivity index (χ3v) is 4.18. The Labute approximate surface area is 119 Å². The van der Waals surface area contributed by atoms with Crippen LogP contribution in [0.3, 0.4) is 0 Å². The van der Waals surface area contributed by atoms with E-state index in [0.29, 0.717) is 19.7 Å². The van der Waals surface area contributed by atoms with E-state index < -0.39 is 0 Å². The monoisotopic (exact) mass is 275 g/mol. The Bertz CT molecular complexity index is 450. The Morgan fingerprint density at radius 3 is 2.50 bits per heavy atom. The van der Waals surface area contributed by atoms with Gasteiger partial charge in [0.1, 0.15) is 12.9 Å². The number of aldehydes is 1. The predicted octanol–water partition coefficient (Wildman–Crippen LogP) is 3.01. The third kappa shape index (κ3) is 3.38.